The molecular formula is C12H14BrNS. The highest BCUT2D eigenvalue weighted by Gasteiger charge is 2.09. The number of hydrogen-bond donors (Lipinski definition) is 0. The van der Waals surface area contributed by atoms with Gasteiger partial charge >= 0.3 is 0 Å². The van der Waals surface area contributed by atoms with Crippen LogP contribution in [0, 0.1) is 5.92 Å². The normalized spacial score (nSPS) is 13.2. The van der Waals surface area contributed by atoms with Crippen LogP contribution in [0.5, 0.6) is 0 Å². The van der Waals surface area contributed by atoms with Crippen molar-refractivity contribution in [2.24, 2.45) is 5.92 Å². The van der Waals surface area contributed by atoms with Crippen LogP contribution in [0.3, 0.4) is 0 Å². The number of alkyl halides is 1. The first kappa shape index (κ1) is 11.1. The molecule has 3 heteroatoms. The van der Waals surface area contributed by atoms with Crippen molar-refractivity contribution in [1.82, 2.24) is 4.98 Å². The van der Waals surface area contributed by atoms with Crippen LogP contribution < -0.4 is 0 Å². The quantitative estimate of drug-likeness (QED) is 0.764. The Bertz CT molecular complexity index is 401. The summed E-state index contributed by atoms with van der Waals surface area (Å²) in [6, 6.07) is 8.36. The number of benzene rings is 1. The van der Waals surface area contributed by atoms with Crippen molar-refractivity contribution in [1.29, 1.82) is 0 Å². The third-order valence-corrected chi connectivity index (χ3v) is 4.57. The van der Waals surface area contributed by atoms with Gasteiger partial charge in [0.2, 0.25) is 0 Å². The summed E-state index contributed by atoms with van der Waals surface area (Å²) in [6.45, 7) is 2.24. The van der Waals surface area contributed by atoms with Gasteiger partial charge in [0, 0.05) is 11.8 Å². The van der Waals surface area contributed by atoms with Crippen LogP contribution in [0.15, 0.2) is 24.3 Å². The van der Waals surface area contributed by atoms with E-state index in [0.29, 0.717) is 5.92 Å². The summed E-state index contributed by atoms with van der Waals surface area (Å²) < 4.78 is 1.30. The molecular weight excluding hydrogens is 270 g/mol. The molecule has 1 nitrogen and oxygen atoms in total. The molecule has 15 heavy (non-hydrogen) atoms. The number of hydrogen-bond acceptors (Lipinski definition) is 2. The summed E-state index contributed by atoms with van der Waals surface area (Å²) in [6.07, 6.45) is 2.31. The van der Waals surface area contributed by atoms with Gasteiger partial charge in [-0.05, 0) is 18.1 Å². The van der Waals surface area contributed by atoms with Crippen LogP contribution in [-0.2, 0) is 6.42 Å². The van der Waals surface area contributed by atoms with Crippen molar-refractivity contribution in [3.8, 4) is 0 Å². The Morgan fingerprint density at radius 3 is 2.87 bits per heavy atom. The van der Waals surface area contributed by atoms with Gasteiger partial charge in [-0.2, -0.15) is 0 Å². The molecule has 0 aliphatic carbocycles. The van der Waals surface area contributed by atoms with E-state index < -0.39 is 0 Å². The molecule has 1 unspecified atom stereocenters. The lowest BCUT2D eigenvalue weighted by molar-refractivity contribution is 0.572. The zero-order valence-electron chi connectivity index (χ0n) is 8.74. The van der Waals surface area contributed by atoms with Crippen LogP contribution in [0.1, 0.15) is 18.4 Å². The topological polar surface area (TPSA) is 12.9 Å². The van der Waals surface area contributed by atoms with Crippen molar-refractivity contribution in [2.45, 2.75) is 19.8 Å². The van der Waals surface area contributed by atoms with E-state index in [4.69, 9.17) is 0 Å². The molecule has 0 radical (unpaired) electrons. The van der Waals surface area contributed by atoms with Crippen molar-refractivity contribution in [2.75, 3.05) is 5.33 Å². The van der Waals surface area contributed by atoms with Gasteiger partial charge < -0.3 is 0 Å². The van der Waals surface area contributed by atoms with Crippen molar-refractivity contribution >= 4 is 37.5 Å². The molecule has 0 N–H and O–H groups in total. The van der Waals surface area contributed by atoms with Crippen LogP contribution in [0.4, 0.5) is 0 Å². The zero-order valence-corrected chi connectivity index (χ0v) is 11.1. The summed E-state index contributed by atoms with van der Waals surface area (Å²) in [4.78, 5) is 4.65. The summed E-state index contributed by atoms with van der Waals surface area (Å²) in [5.41, 5.74) is 1.14. The zero-order chi connectivity index (χ0) is 10.7. The molecule has 0 aliphatic rings. The predicted molar refractivity (Wildman–Crippen MR) is 70.9 cm³/mol. The van der Waals surface area contributed by atoms with Crippen LogP contribution >= 0.6 is 27.3 Å². The van der Waals surface area contributed by atoms with Gasteiger partial charge in [0.1, 0.15) is 0 Å². The van der Waals surface area contributed by atoms with E-state index in [-0.39, 0.29) is 0 Å². The van der Waals surface area contributed by atoms with E-state index >= 15 is 0 Å². The van der Waals surface area contributed by atoms with Gasteiger partial charge in [0.25, 0.3) is 0 Å². The fraction of sp³-hybridized carbons (Fsp3) is 0.417. The molecule has 1 aromatic heterocycles. The molecule has 2 aromatic rings. The molecule has 0 fully saturated rings. The number of para-hydroxylation sites is 1. The fourth-order valence-corrected chi connectivity index (χ4v) is 3.33. The number of rotatable bonds is 4. The molecule has 1 aromatic carbocycles. The summed E-state index contributed by atoms with van der Waals surface area (Å²) in [5, 5.41) is 2.34. The Kier molecular flexibility index (Phi) is 3.76. The molecule has 0 saturated heterocycles. The highest BCUT2D eigenvalue weighted by Crippen LogP contribution is 2.24. The average molecular weight is 284 g/mol. The number of fused-ring (bicyclic) bond motifs is 1. The standard InChI is InChI=1S/C12H14BrNS/c1-2-9(8-13)7-12-14-10-5-3-4-6-11(10)15-12/h3-6,9H,2,7-8H2,1H3. The number of nitrogens with zero attached hydrogens (tertiary/aromatic N) is 1. The molecule has 80 valence electrons. The van der Waals surface area contributed by atoms with Crippen LogP contribution in [0.2, 0.25) is 0 Å². The van der Waals surface area contributed by atoms with Gasteiger partial charge in [-0.25, -0.2) is 4.98 Å². The lowest BCUT2D eigenvalue weighted by Crippen LogP contribution is -2.03. The van der Waals surface area contributed by atoms with Crippen molar-refractivity contribution in [3.05, 3.63) is 29.3 Å². The molecule has 0 bridgehead atoms. The van der Waals surface area contributed by atoms with E-state index in [1.807, 2.05) is 17.4 Å². The molecule has 0 spiro atoms. The second kappa shape index (κ2) is 5.08. The summed E-state index contributed by atoms with van der Waals surface area (Å²) in [5.74, 6) is 0.713. The Hall–Kier alpha value is -0.410. The van der Waals surface area contributed by atoms with Gasteiger partial charge in [-0.1, -0.05) is 41.4 Å². The Labute approximate surface area is 103 Å². The van der Waals surface area contributed by atoms with Crippen molar-refractivity contribution in [3.63, 3.8) is 0 Å². The van der Waals surface area contributed by atoms with Crippen LogP contribution in [-0.4, -0.2) is 10.3 Å². The van der Waals surface area contributed by atoms with E-state index in [2.05, 4.69) is 46.0 Å². The lowest BCUT2D eigenvalue weighted by atomic mass is 10.1. The van der Waals surface area contributed by atoms with Gasteiger partial charge in [-0.3, -0.25) is 0 Å². The van der Waals surface area contributed by atoms with Gasteiger partial charge in [0.05, 0.1) is 15.2 Å². The van der Waals surface area contributed by atoms with Crippen molar-refractivity contribution < 1.29 is 0 Å². The monoisotopic (exact) mass is 283 g/mol. The minimum Gasteiger partial charge on any atom is -0.241 e. The maximum atomic E-state index is 4.65. The lowest BCUT2D eigenvalue weighted by Gasteiger charge is -2.07. The second-order valence-corrected chi connectivity index (χ2v) is 5.47. The van der Waals surface area contributed by atoms with E-state index in [1.54, 1.807) is 0 Å². The third kappa shape index (κ3) is 2.58. The number of aromatic nitrogens is 1. The highest BCUT2D eigenvalue weighted by atomic mass is 79.9. The molecule has 0 aliphatic heterocycles. The maximum absolute atomic E-state index is 4.65. The maximum Gasteiger partial charge on any atom is 0.0941 e. The SMILES string of the molecule is CCC(CBr)Cc1nc2ccccc2s1. The molecule has 1 heterocycles. The highest BCUT2D eigenvalue weighted by molar-refractivity contribution is 9.09. The van der Waals surface area contributed by atoms with Crippen LogP contribution in [0.25, 0.3) is 10.2 Å². The average Bonchev–Trinajstić information content (AvgIpc) is 2.68. The Morgan fingerprint density at radius 2 is 2.20 bits per heavy atom. The van der Waals surface area contributed by atoms with E-state index in [1.165, 1.54) is 16.1 Å². The minimum atomic E-state index is 0.713. The predicted octanol–water partition coefficient (Wildman–Crippen LogP) is 4.26. The van der Waals surface area contributed by atoms with Gasteiger partial charge in [0.15, 0.2) is 0 Å². The molecule has 1 atom stereocenters. The largest absolute Gasteiger partial charge is 0.241 e. The van der Waals surface area contributed by atoms with E-state index in [0.717, 1.165) is 17.3 Å². The first-order chi connectivity index (χ1) is 7.33. The summed E-state index contributed by atoms with van der Waals surface area (Å²) in [7, 11) is 0. The second-order valence-electron chi connectivity index (χ2n) is 3.71. The fourth-order valence-electron chi connectivity index (χ4n) is 1.56. The van der Waals surface area contributed by atoms with Gasteiger partial charge in [-0.15, -0.1) is 11.3 Å². The smallest absolute Gasteiger partial charge is 0.0941 e. The van der Waals surface area contributed by atoms with E-state index in [9.17, 15) is 0 Å². The number of halogens is 1. The summed E-state index contributed by atoms with van der Waals surface area (Å²) >= 11 is 5.38. The molecule has 2 rings (SSSR count). The number of thiazole rings is 1. The molecule has 0 amide bonds. The third-order valence-electron chi connectivity index (χ3n) is 2.60. The molecule has 0 saturated carbocycles. The first-order valence-electron chi connectivity index (χ1n) is 5.24. The Morgan fingerprint density at radius 1 is 1.40 bits per heavy atom. The first-order valence-corrected chi connectivity index (χ1v) is 7.17. The Balaban J connectivity index is 2.21. The minimum absolute atomic E-state index is 0.713.